The molecule has 14 heavy (non-hydrogen) atoms. The van der Waals surface area contributed by atoms with E-state index in [-0.39, 0.29) is 6.10 Å². The number of hydrogen-bond donors (Lipinski definition) is 1. The molecule has 0 amide bonds. The molecule has 1 aliphatic rings. The lowest BCUT2D eigenvalue weighted by Gasteiger charge is -2.20. The monoisotopic (exact) mass is 198 g/mol. The van der Waals surface area contributed by atoms with Gasteiger partial charge in [0, 0.05) is 13.0 Å². The van der Waals surface area contributed by atoms with E-state index in [1.165, 1.54) is 0 Å². The summed E-state index contributed by atoms with van der Waals surface area (Å²) in [6.45, 7) is 2.34. The highest BCUT2D eigenvalue weighted by atomic mass is 16.6. The molecule has 1 aliphatic heterocycles. The zero-order chi connectivity index (χ0) is 9.80. The fraction of sp³-hybridized carbons (Fsp3) is 0.667. The predicted octanol–water partition coefficient (Wildman–Crippen LogP) is 0.264. The van der Waals surface area contributed by atoms with Crippen LogP contribution in [-0.4, -0.2) is 31.3 Å². The second kappa shape index (κ2) is 4.54. The standard InChI is InChI=1S/C9H14N2O3/c10-2-1-9-11-5-7(14-9)8-6-12-3-4-13-8/h5,8H,1-4,6,10H2. The summed E-state index contributed by atoms with van der Waals surface area (Å²) in [6.07, 6.45) is 2.24. The lowest BCUT2D eigenvalue weighted by molar-refractivity contribution is -0.0978. The third kappa shape index (κ3) is 2.12. The maximum Gasteiger partial charge on any atom is 0.195 e. The first-order valence-corrected chi connectivity index (χ1v) is 4.74. The van der Waals surface area contributed by atoms with Crippen LogP contribution in [0.15, 0.2) is 10.6 Å². The zero-order valence-corrected chi connectivity index (χ0v) is 7.94. The lowest BCUT2D eigenvalue weighted by Crippen LogP contribution is -2.21. The van der Waals surface area contributed by atoms with Gasteiger partial charge in [-0.3, -0.25) is 0 Å². The summed E-state index contributed by atoms with van der Waals surface area (Å²) in [5, 5.41) is 0. The topological polar surface area (TPSA) is 70.5 Å². The van der Waals surface area contributed by atoms with Gasteiger partial charge in [-0.05, 0) is 0 Å². The SMILES string of the molecule is NCCc1ncc(C2COCCO2)o1. The molecular formula is C9H14N2O3. The van der Waals surface area contributed by atoms with Crippen LogP contribution in [0.5, 0.6) is 0 Å². The van der Waals surface area contributed by atoms with Gasteiger partial charge in [0.2, 0.25) is 0 Å². The van der Waals surface area contributed by atoms with Crippen molar-refractivity contribution in [3.05, 3.63) is 17.8 Å². The molecule has 2 rings (SSSR count). The Morgan fingerprint density at radius 2 is 2.43 bits per heavy atom. The summed E-state index contributed by atoms with van der Waals surface area (Å²) < 4.78 is 16.2. The van der Waals surface area contributed by atoms with E-state index in [0.717, 1.165) is 5.76 Å². The first-order chi connectivity index (χ1) is 6.90. The molecule has 1 aromatic heterocycles. The Kier molecular flexibility index (Phi) is 3.13. The predicted molar refractivity (Wildman–Crippen MR) is 48.8 cm³/mol. The van der Waals surface area contributed by atoms with Gasteiger partial charge in [-0.1, -0.05) is 0 Å². The van der Waals surface area contributed by atoms with Gasteiger partial charge in [0.05, 0.1) is 26.0 Å². The number of aromatic nitrogens is 1. The van der Waals surface area contributed by atoms with Crippen molar-refractivity contribution in [3.8, 4) is 0 Å². The molecule has 5 nitrogen and oxygen atoms in total. The normalized spacial score (nSPS) is 22.5. The van der Waals surface area contributed by atoms with Gasteiger partial charge in [0.25, 0.3) is 0 Å². The Labute approximate surface area is 82.2 Å². The van der Waals surface area contributed by atoms with Crippen molar-refractivity contribution in [1.82, 2.24) is 4.98 Å². The highest BCUT2D eigenvalue weighted by Gasteiger charge is 2.20. The molecule has 78 valence electrons. The van der Waals surface area contributed by atoms with E-state index >= 15 is 0 Å². The number of nitrogens with zero attached hydrogens (tertiary/aromatic N) is 1. The van der Waals surface area contributed by atoms with Crippen molar-refractivity contribution < 1.29 is 13.9 Å². The van der Waals surface area contributed by atoms with Crippen LogP contribution in [0.25, 0.3) is 0 Å². The van der Waals surface area contributed by atoms with Gasteiger partial charge < -0.3 is 19.6 Å². The first-order valence-electron chi connectivity index (χ1n) is 4.74. The Balaban J connectivity index is 2.00. The summed E-state index contributed by atoms with van der Waals surface area (Å²) in [5.41, 5.74) is 5.39. The van der Waals surface area contributed by atoms with Gasteiger partial charge in [0.1, 0.15) is 6.10 Å². The quantitative estimate of drug-likeness (QED) is 0.754. The molecule has 0 aromatic carbocycles. The number of ether oxygens (including phenoxy) is 2. The zero-order valence-electron chi connectivity index (χ0n) is 7.94. The highest BCUT2D eigenvalue weighted by molar-refractivity contribution is 4.99. The molecule has 0 radical (unpaired) electrons. The van der Waals surface area contributed by atoms with E-state index in [1.807, 2.05) is 0 Å². The second-order valence-electron chi connectivity index (χ2n) is 3.13. The first kappa shape index (κ1) is 9.64. The van der Waals surface area contributed by atoms with Crippen LogP contribution in [0.4, 0.5) is 0 Å². The van der Waals surface area contributed by atoms with E-state index in [4.69, 9.17) is 19.6 Å². The van der Waals surface area contributed by atoms with Crippen molar-refractivity contribution in [1.29, 1.82) is 0 Å². The number of hydrogen-bond acceptors (Lipinski definition) is 5. The Morgan fingerprint density at radius 1 is 1.50 bits per heavy atom. The average Bonchev–Trinajstić information content (AvgIpc) is 2.68. The van der Waals surface area contributed by atoms with Crippen LogP contribution >= 0.6 is 0 Å². The minimum atomic E-state index is -0.109. The van der Waals surface area contributed by atoms with E-state index in [9.17, 15) is 0 Å². The molecule has 1 saturated heterocycles. The maximum absolute atomic E-state index is 5.47. The minimum absolute atomic E-state index is 0.109. The highest BCUT2D eigenvalue weighted by Crippen LogP contribution is 2.21. The molecule has 1 aromatic rings. The molecule has 1 fully saturated rings. The van der Waals surface area contributed by atoms with Gasteiger partial charge >= 0.3 is 0 Å². The molecule has 0 spiro atoms. The number of oxazole rings is 1. The van der Waals surface area contributed by atoms with E-state index in [0.29, 0.717) is 38.7 Å². The summed E-state index contributed by atoms with van der Waals surface area (Å²) in [4.78, 5) is 4.10. The summed E-state index contributed by atoms with van der Waals surface area (Å²) in [5.74, 6) is 1.39. The molecule has 0 aliphatic carbocycles. The summed E-state index contributed by atoms with van der Waals surface area (Å²) >= 11 is 0. The van der Waals surface area contributed by atoms with E-state index in [1.54, 1.807) is 6.20 Å². The molecule has 1 atom stereocenters. The van der Waals surface area contributed by atoms with E-state index < -0.39 is 0 Å². The van der Waals surface area contributed by atoms with E-state index in [2.05, 4.69) is 4.98 Å². The van der Waals surface area contributed by atoms with Gasteiger partial charge in [-0.15, -0.1) is 0 Å². The Bertz CT molecular complexity index is 281. The summed E-state index contributed by atoms with van der Waals surface area (Å²) in [6, 6.07) is 0. The number of nitrogens with two attached hydrogens (primary N) is 1. The maximum atomic E-state index is 5.47. The van der Waals surface area contributed by atoms with Crippen LogP contribution in [-0.2, 0) is 15.9 Å². The summed E-state index contributed by atoms with van der Waals surface area (Å²) in [7, 11) is 0. The third-order valence-corrected chi connectivity index (χ3v) is 2.06. The van der Waals surface area contributed by atoms with Crippen molar-refractivity contribution in [2.45, 2.75) is 12.5 Å². The minimum Gasteiger partial charge on any atom is -0.443 e. The smallest absolute Gasteiger partial charge is 0.195 e. The molecule has 0 saturated carbocycles. The van der Waals surface area contributed by atoms with Crippen molar-refractivity contribution in [2.75, 3.05) is 26.4 Å². The fourth-order valence-electron chi connectivity index (χ4n) is 1.36. The third-order valence-electron chi connectivity index (χ3n) is 2.06. The van der Waals surface area contributed by atoms with Crippen molar-refractivity contribution in [3.63, 3.8) is 0 Å². The van der Waals surface area contributed by atoms with Crippen LogP contribution in [0.1, 0.15) is 17.8 Å². The van der Waals surface area contributed by atoms with Gasteiger partial charge in [-0.2, -0.15) is 0 Å². The van der Waals surface area contributed by atoms with Crippen LogP contribution in [0.3, 0.4) is 0 Å². The van der Waals surface area contributed by atoms with Crippen LogP contribution < -0.4 is 5.73 Å². The molecule has 0 bridgehead atoms. The Hall–Kier alpha value is -0.910. The molecular weight excluding hydrogens is 184 g/mol. The van der Waals surface area contributed by atoms with Crippen LogP contribution in [0, 0.1) is 0 Å². The molecule has 5 heteroatoms. The number of rotatable bonds is 3. The average molecular weight is 198 g/mol. The fourth-order valence-corrected chi connectivity index (χ4v) is 1.36. The van der Waals surface area contributed by atoms with Crippen molar-refractivity contribution in [2.24, 2.45) is 5.73 Å². The van der Waals surface area contributed by atoms with Crippen LogP contribution in [0.2, 0.25) is 0 Å². The largest absolute Gasteiger partial charge is 0.443 e. The van der Waals surface area contributed by atoms with Gasteiger partial charge in [0.15, 0.2) is 11.7 Å². The Morgan fingerprint density at radius 3 is 3.14 bits per heavy atom. The lowest BCUT2D eigenvalue weighted by atomic mass is 10.3. The molecule has 2 N–H and O–H groups in total. The molecule has 1 unspecified atom stereocenters. The second-order valence-corrected chi connectivity index (χ2v) is 3.13. The van der Waals surface area contributed by atoms with Crippen molar-refractivity contribution >= 4 is 0 Å². The molecule has 2 heterocycles. The van der Waals surface area contributed by atoms with Gasteiger partial charge in [-0.25, -0.2) is 4.98 Å².